The molecule has 2 unspecified atom stereocenters. The van der Waals surface area contributed by atoms with Crippen LogP contribution in [0.25, 0.3) is 0 Å². The minimum atomic E-state index is -0.695. The average molecular weight is 342 g/mol. The quantitative estimate of drug-likeness (QED) is 0.822. The second-order valence-corrected chi connectivity index (χ2v) is 5.13. The largest absolute Gasteiger partial charge is 0.490 e. The van der Waals surface area contributed by atoms with Gasteiger partial charge in [-0.2, -0.15) is 5.26 Å². The standard InChI is InChI=1S/C15H20BrNO3/c1-4-13(18)11(9-17)10-7-12(16)15(20-6-3)14(8-10)19-5-2/h7-8,11,13,18H,4-6H2,1-3H3. The van der Waals surface area contributed by atoms with Crippen LogP contribution in [0.1, 0.15) is 38.7 Å². The molecule has 0 bridgehead atoms. The molecule has 1 aromatic carbocycles. The van der Waals surface area contributed by atoms with Crippen molar-refractivity contribution in [2.75, 3.05) is 13.2 Å². The number of aliphatic hydroxyl groups is 1. The van der Waals surface area contributed by atoms with Crippen LogP contribution in [0.4, 0.5) is 0 Å². The zero-order valence-corrected chi connectivity index (χ0v) is 13.6. The van der Waals surface area contributed by atoms with Crippen LogP contribution in [0.5, 0.6) is 11.5 Å². The van der Waals surface area contributed by atoms with Gasteiger partial charge >= 0.3 is 0 Å². The van der Waals surface area contributed by atoms with Crippen molar-refractivity contribution in [2.45, 2.75) is 39.2 Å². The molecule has 0 amide bonds. The third-order valence-electron chi connectivity index (χ3n) is 2.92. The summed E-state index contributed by atoms with van der Waals surface area (Å²) < 4.78 is 11.9. The summed E-state index contributed by atoms with van der Waals surface area (Å²) in [6, 6.07) is 5.73. The van der Waals surface area contributed by atoms with Crippen molar-refractivity contribution < 1.29 is 14.6 Å². The van der Waals surface area contributed by atoms with Crippen LogP contribution in [0.15, 0.2) is 16.6 Å². The zero-order chi connectivity index (χ0) is 15.1. The predicted octanol–water partition coefficient (Wildman–Crippen LogP) is 3.62. The summed E-state index contributed by atoms with van der Waals surface area (Å²) in [5.74, 6) is 0.634. The second-order valence-electron chi connectivity index (χ2n) is 4.28. The van der Waals surface area contributed by atoms with Crippen molar-refractivity contribution in [1.82, 2.24) is 0 Å². The fourth-order valence-corrected chi connectivity index (χ4v) is 2.51. The van der Waals surface area contributed by atoms with Gasteiger partial charge in [-0.25, -0.2) is 0 Å². The number of nitriles is 1. The minimum absolute atomic E-state index is 0.503. The summed E-state index contributed by atoms with van der Waals surface area (Å²) in [5.41, 5.74) is 0.723. The summed E-state index contributed by atoms with van der Waals surface area (Å²) in [7, 11) is 0. The summed E-state index contributed by atoms with van der Waals surface area (Å²) in [6.45, 7) is 6.66. The molecular weight excluding hydrogens is 322 g/mol. The molecule has 5 heteroatoms. The fourth-order valence-electron chi connectivity index (χ4n) is 1.93. The van der Waals surface area contributed by atoms with Gasteiger partial charge in [0, 0.05) is 0 Å². The molecule has 0 aliphatic carbocycles. The number of rotatable bonds is 7. The Morgan fingerprint density at radius 3 is 2.40 bits per heavy atom. The number of benzene rings is 1. The first-order valence-electron chi connectivity index (χ1n) is 6.75. The molecule has 1 aromatic rings. The SMILES string of the molecule is CCOc1cc(C(C#N)C(O)CC)cc(Br)c1OCC. The summed E-state index contributed by atoms with van der Waals surface area (Å²) in [5, 5.41) is 19.2. The van der Waals surface area contributed by atoms with Gasteiger partial charge < -0.3 is 14.6 Å². The van der Waals surface area contributed by atoms with Gasteiger partial charge in [-0.3, -0.25) is 0 Å². The Balaban J connectivity index is 3.26. The van der Waals surface area contributed by atoms with E-state index in [2.05, 4.69) is 22.0 Å². The van der Waals surface area contributed by atoms with Crippen molar-refractivity contribution >= 4 is 15.9 Å². The maximum atomic E-state index is 9.95. The fraction of sp³-hybridized carbons (Fsp3) is 0.533. The Hall–Kier alpha value is -1.25. The van der Waals surface area contributed by atoms with Crippen LogP contribution in [0.3, 0.4) is 0 Å². The van der Waals surface area contributed by atoms with E-state index in [9.17, 15) is 10.4 Å². The van der Waals surface area contributed by atoms with Gasteiger partial charge in [0.2, 0.25) is 0 Å². The van der Waals surface area contributed by atoms with Crippen LogP contribution in [0, 0.1) is 11.3 Å². The Morgan fingerprint density at radius 1 is 1.25 bits per heavy atom. The van der Waals surface area contributed by atoms with E-state index in [4.69, 9.17) is 9.47 Å². The van der Waals surface area contributed by atoms with Gasteiger partial charge in [-0.15, -0.1) is 0 Å². The number of halogens is 1. The van der Waals surface area contributed by atoms with Crippen molar-refractivity contribution in [1.29, 1.82) is 5.26 Å². The van der Waals surface area contributed by atoms with Gasteiger partial charge in [-0.1, -0.05) is 6.92 Å². The predicted molar refractivity (Wildman–Crippen MR) is 81.1 cm³/mol. The maximum Gasteiger partial charge on any atom is 0.175 e. The summed E-state index contributed by atoms with van der Waals surface area (Å²) in [4.78, 5) is 0. The van der Waals surface area contributed by atoms with Crippen molar-refractivity contribution in [3.05, 3.63) is 22.2 Å². The minimum Gasteiger partial charge on any atom is -0.490 e. The third-order valence-corrected chi connectivity index (χ3v) is 3.51. The Bertz CT molecular complexity index is 485. The lowest BCUT2D eigenvalue weighted by Gasteiger charge is -2.19. The third kappa shape index (κ3) is 3.87. The lowest BCUT2D eigenvalue weighted by molar-refractivity contribution is 0.157. The number of hydrogen-bond donors (Lipinski definition) is 1. The van der Waals surface area contributed by atoms with Crippen molar-refractivity contribution in [3.8, 4) is 17.6 Å². The topological polar surface area (TPSA) is 62.5 Å². The number of ether oxygens (including phenoxy) is 2. The van der Waals surface area contributed by atoms with Gasteiger partial charge in [0.15, 0.2) is 11.5 Å². The lowest BCUT2D eigenvalue weighted by atomic mass is 9.93. The molecule has 110 valence electrons. The number of hydrogen-bond acceptors (Lipinski definition) is 4. The van der Waals surface area contributed by atoms with Crippen molar-refractivity contribution in [2.24, 2.45) is 0 Å². The van der Waals surface area contributed by atoms with Gasteiger partial charge in [0.1, 0.15) is 0 Å². The van der Waals surface area contributed by atoms with E-state index in [-0.39, 0.29) is 0 Å². The molecule has 0 radical (unpaired) electrons. The monoisotopic (exact) mass is 341 g/mol. The molecule has 0 saturated heterocycles. The van der Waals surface area contributed by atoms with E-state index in [1.165, 1.54) is 0 Å². The first-order chi connectivity index (χ1) is 9.58. The van der Waals surface area contributed by atoms with Crippen LogP contribution >= 0.6 is 15.9 Å². The first-order valence-corrected chi connectivity index (χ1v) is 7.54. The van der Waals surface area contributed by atoms with E-state index in [0.717, 1.165) is 10.0 Å². The zero-order valence-electron chi connectivity index (χ0n) is 12.0. The molecule has 4 nitrogen and oxygen atoms in total. The highest BCUT2D eigenvalue weighted by atomic mass is 79.9. The molecule has 2 atom stereocenters. The molecule has 1 N–H and O–H groups in total. The van der Waals surface area contributed by atoms with Gasteiger partial charge in [-0.05, 0) is 53.9 Å². The molecule has 20 heavy (non-hydrogen) atoms. The van der Waals surface area contributed by atoms with Crippen LogP contribution in [-0.4, -0.2) is 24.4 Å². The Morgan fingerprint density at radius 2 is 1.90 bits per heavy atom. The molecule has 0 aliphatic rings. The highest BCUT2D eigenvalue weighted by molar-refractivity contribution is 9.10. The average Bonchev–Trinajstić information content (AvgIpc) is 2.43. The van der Waals surface area contributed by atoms with E-state index >= 15 is 0 Å². The smallest absolute Gasteiger partial charge is 0.175 e. The lowest BCUT2D eigenvalue weighted by Crippen LogP contribution is -2.16. The number of aliphatic hydroxyl groups excluding tert-OH is 1. The molecule has 0 spiro atoms. The van der Waals surface area contributed by atoms with Gasteiger partial charge in [0.05, 0.1) is 35.8 Å². The Labute approximate surface area is 128 Å². The number of nitrogens with zero attached hydrogens (tertiary/aromatic N) is 1. The molecular formula is C15H20BrNO3. The van der Waals surface area contributed by atoms with E-state index in [1.54, 1.807) is 12.1 Å². The highest BCUT2D eigenvalue weighted by Gasteiger charge is 2.22. The summed E-state index contributed by atoms with van der Waals surface area (Å²) >= 11 is 3.44. The van der Waals surface area contributed by atoms with E-state index < -0.39 is 12.0 Å². The Kier molecular flexibility index (Phi) is 6.83. The van der Waals surface area contributed by atoms with Crippen molar-refractivity contribution in [3.63, 3.8) is 0 Å². The van der Waals surface area contributed by atoms with E-state index in [0.29, 0.717) is 31.1 Å². The van der Waals surface area contributed by atoms with Gasteiger partial charge in [0.25, 0.3) is 0 Å². The van der Waals surface area contributed by atoms with Crippen LogP contribution < -0.4 is 9.47 Å². The molecule has 1 rings (SSSR count). The van der Waals surface area contributed by atoms with Crippen LogP contribution in [-0.2, 0) is 0 Å². The second kappa shape index (κ2) is 8.13. The van der Waals surface area contributed by atoms with E-state index in [1.807, 2.05) is 20.8 Å². The first kappa shape index (κ1) is 16.8. The molecule has 0 saturated carbocycles. The molecule has 0 fully saturated rings. The molecule has 0 aromatic heterocycles. The summed E-state index contributed by atoms with van der Waals surface area (Å²) in [6.07, 6.45) is -0.174. The molecule has 0 aliphatic heterocycles. The van der Waals surface area contributed by atoms with Crippen LogP contribution in [0.2, 0.25) is 0 Å². The molecule has 0 heterocycles. The highest BCUT2D eigenvalue weighted by Crippen LogP contribution is 2.39. The maximum absolute atomic E-state index is 9.95. The normalized spacial score (nSPS) is 13.4.